The Bertz CT molecular complexity index is 523. The number of carbonyl (C=O) groups is 1. The summed E-state index contributed by atoms with van der Waals surface area (Å²) in [5.41, 5.74) is -1.71. The van der Waals surface area contributed by atoms with Crippen LogP contribution in [0.25, 0.3) is 0 Å². The lowest BCUT2D eigenvalue weighted by molar-refractivity contribution is 0.216. The van der Waals surface area contributed by atoms with Crippen molar-refractivity contribution in [1.82, 2.24) is 15.0 Å². The minimum absolute atomic E-state index is 0.0150. The highest BCUT2D eigenvalue weighted by atomic mass is 35.5. The molecule has 0 unspecified atom stereocenters. The first-order chi connectivity index (χ1) is 8.08. The Morgan fingerprint density at radius 2 is 2.24 bits per heavy atom. The molecule has 0 saturated heterocycles. The number of rotatable bonds is 4. The van der Waals surface area contributed by atoms with Crippen molar-refractivity contribution < 1.29 is 4.79 Å². The molecule has 0 fully saturated rings. The molecule has 0 bridgehead atoms. The summed E-state index contributed by atoms with van der Waals surface area (Å²) in [6.07, 6.45) is 1.00. The van der Waals surface area contributed by atoms with Gasteiger partial charge in [-0.05, 0) is 0 Å². The molecule has 1 aromatic rings. The van der Waals surface area contributed by atoms with Gasteiger partial charge in [0.25, 0.3) is 5.56 Å². The molecule has 0 spiro atoms. The van der Waals surface area contributed by atoms with Gasteiger partial charge in [-0.3, -0.25) is 9.78 Å². The van der Waals surface area contributed by atoms with Crippen LogP contribution in [-0.4, -0.2) is 33.4 Å². The van der Waals surface area contributed by atoms with E-state index < -0.39 is 17.3 Å². The highest BCUT2D eigenvalue weighted by Crippen LogP contribution is 1.98. The van der Waals surface area contributed by atoms with Crippen LogP contribution in [0.3, 0.4) is 0 Å². The number of H-pyrrole nitrogens is 2. The molecule has 0 saturated carbocycles. The third-order valence-electron chi connectivity index (χ3n) is 1.69. The summed E-state index contributed by atoms with van der Waals surface area (Å²) in [6.45, 7) is -0.0991. The smallest absolute Gasteiger partial charge is 0.312 e. The number of hydrogen-bond acceptors (Lipinski definition) is 5. The fraction of sp³-hybridized carbons (Fsp3) is 0.286. The van der Waals surface area contributed by atoms with Crippen molar-refractivity contribution >= 4 is 23.3 Å². The number of nitrogens with one attached hydrogen (secondary N) is 3. The minimum atomic E-state index is -0.918. The first-order valence-electron chi connectivity index (χ1n) is 4.38. The van der Waals surface area contributed by atoms with Crippen LogP contribution in [0.2, 0.25) is 0 Å². The van der Waals surface area contributed by atoms with Crippen LogP contribution < -0.4 is 16.6 Å². The zero-order chi connectivity index (χ0) is 12.8. The van der Waals surface area contributed by atoms with Crippen molar-refractivity contribution in [3.05, 3.63) is 31.9 Å². The van der Waals surface area contributed by atoms with E-state index in [0.717, 1.165) is 6.20 Å². The Morgan fingerprint density at radius 1 is 1.53 bits per heavy atom. The first kappa shape index (κ1) is 12.9. The number of amides is 2. The highest BCUT2D eigenvalue weighted by Gasteiger charge is 2.14. The van der Waals surface area contributed by atoms with Gasteiger partial charge in [0, 0.05) is 12.1 Å². The molecule has 0 radical (unpaired) electrons. The van der Waals surface area contributed by atoms with Crippen LogP contribution in [0.15, 0.2) is 21.1 Å². The van der Waals surface area contributed by atoms with Crippen molar-refractivity contribution in [3.8, 4) is 0 Å². The maximum absolute atomic E-state index is 11.4. The molecule has 17 heavy (non-hydrogen) atoms. The van der Waals surface area contributed by atoms with Crippen LogP contribution in [0.4, 0.5) is 10.5 Å². The number of urea groups is 1. The number of carbonyl (C=O) groups excluding carboxylic acids is 1. The highest BCUT2D eigenvalue weighted by molar-refractivity contribution is 6.18. The summed E-state index contributed by atoms with van der Waals surface area (Å²) in [5, 5.41) is 5.03. The molecule has 0 aliphatic carbocycles. The predicted molar refractivity (Wildman–Crippen MR) is 59.9 cm³/mol. The topological polar surface area (TPSA) is 127 Å². The lowest BCUT2D eigenvalue weighted by Crippen LogP contribution is -2.34. The third-order valence-corrected chi connectivity index (χ3v) is 1.86. The van der Waals surface area contributed by atoms with Crippen LogP contribution in [-0.2, 0) is 0 Å². The van der Waals surface area contributed by atoms with Gasteiger partial charge in [0.05, 0.1) is 11.8 Å². The van der Waals surface area contributed by atoms with Gasteiger partial charge < -0.3 is 10.3 Å². The Hall–Kier alpha value is -2.16. The number of nitrogens with zero attached hydrogens (tertiary/aromatic N) is 2. The molecular weight excluding hydrogens is 254 g/mol. The van der Waals surface area contributed by atoms with E-state index in [0.29, 0.717) is 5.01 Å². The molecule has 0 aliphatic rings. The summed E-state index contributed by atoms with van der Waals surface area (Å²) in [4.78, 5) is 47.6. The van der Waals surface area contributed by atoms with E-state index in [-0.39, 0.29) is 18.1 Å². The zero-order valence-corrected chi connectivity index (χ0v) is 9.15. The Morgan fingerprint density at radius 3 is 2.76 bits per heavy atom. The van der Waals surface area contributed by atoms with Crippen LogP contribution in [0.5, 0.6) is 0 Å². The van der Waals surface area contributed by atoms with E-state index in [1.165, 1.54) is 0 Å². The van der Waals surface area contributed by atoms with Crippen molar-refractivity contribution in [2.24, 2.45) is 5.29 Å². The SMILES string of the molecule is O=NN(CCCl)C(=O)Nc1c[nH]c(=O)[nH]c1=O. The lowest BCUT2D eigenvalue weighted by Gasteiger charge is -2.11. The van der Waals surface area contributed by atoms with E-state index >= 15 is 0 Å². The van der Waals surface area contributed by atoms with Gasteiger partial charge in [-0.2, -0.15) is 5.01 Å². The maximum Gasteiger partial charge on any atom is 0.345 e. The number of nitroso groups, excluding NO2 is 1. The summed E-state index contributed by atoms with van der Waals surface area (Å²) in [6, 6.07) is -0.918. The maximum atomic E-state index is 11.4. The van der Waals surface area contributed by atoms with Gasteiger partial charge in [-0.25, -0.2) is 9.59 Å². The number of aromatic amines is 2. The average molecular weight is 262 g/mol. The molecule has 1 aromatic heterocycles. The molecule has 9 nitrogen and oxygen atoms in total. The van der Waals surface area contributed by atoms with Gasteiger partial charge in [-0.1, -0.05) is 0 Å². The summed E-state index contributed by atoms with van der Waals surface area (Å²) in [7, 11) is 0. The second-order valence-corrected chi connectivity index (χ2v) is 3.19. The molecule has 3 N–H and O–H groups in total. The van der Waals surface area contributed by atoms with Crippen molar-refractivity contribution in [3.63, 3.8) is 0 Å². The number of halogens is 1. The van der Waals surface area contributed by atoms with E-state index in [4.69, 9.17) is 11.6 Å². The quantitative estimate of drug-likeness (QED) is 0.394. The van der Waals surface area contributed by atoms with Crippen molar-refractivity contribution in [1.29, 1.82) is 0 Å². The number of anilines is 1. The van der Waals surface area contributed by atoms with Gasteiger partial charge in [0.2, 0.25) is 0 Å². The third kappa shape index (κ3) is 3.41. The van der Waals surface area contributed by atoms with Gasteiger partial charge in [0.15, 0.2) is 0 Å². The number of aromatic nitrogens is 2. The first-order valence-corrected chi connectivity index (χ1v) is 4.91. The average Bonchev–Trinajstić information content (AvgIpc) is 2.29. The summed E-state index contributed by atoms with van der Waals surface area (Å²) in [5.74, 6) is 0.0150. The fourth-order valence-electron chi connectivity index (χ4n) is 0.942. The van der Waals surface area contributed by atoms with Gasteiger partial charge in [-0.15, -0.1) is 16.5 Å². The largest absolute Gasteiger partial charge is 0.345 e. The van der Waals surface area contributed by atoms with Gasteiger partial charge >= 0.3 is 11.7 Å². The van der Waals surface area contributed by atoms with Gasteiger partial charge in [0.1, 0.15) is 5.69 Å². The molecule has 0 aliphatic heterocycles. The van der Waals surface area contributed by atoms with E-state index in [9.17, 15) is 19.3 Å². The fourth-order valence-corrected chi connectivity index (χ4v) is 1.10. The van der Waals surface area contributed by atoms with Crippen molar-refractivity contribution in [2.45, 2.75) is 0 Å². The van der Waals surface area contributed by atoms with Crippen LogP contribution >= 0.6 is 11.6 Å². The minimum Gasteiger partial charge on any atom is -0.312 e. The molecular formula is C7H8ClN5O4. The molecule has 0 atom stereocenters. The lowest BCUT2D eigenvalue weighted by atomic mass is 10.5. The Balaban J connectivity index is 2.83. The Kier molecular flexibility index (Phi) is 4.40. The molecule has 1 heterocycles. The van der Waals surface area contributed by atoms with Crippen LogP contribution in [0.1, 0.15) is 0 Å². The molecule has 92 valence electrons. The van der Waals surface area contributed by atoms with Crippen molar-refractivity contribution in [2.75, 3.05) is 17.7 Å². The molecule has 10 heteroatoms. The molecule has 1 rings (SSSR count). The van der Waals surface area contributed by atoms with E-state index in [1.807, 2.05) is 4.98 Å². The van der Waals surface area contributed by atoms with E-state index in [1.54, 1.807) is 0 Å². The second kappa shape index (κ2) is 5.80. The summed E-state index contributed by atoms with van der Waals surface area (Å²) >= 11 is 5.34. The molecule has 0 aromatic carbocycles. The summed E-state index contributed by atoms with van der Waals surface area (Å²) < 4.78 is 0. The normalized spacial score (nSPS) is 9.71. The van der Waals surface area contributed by atoms with E-state index in [2.05, 4.69) is 15.6 Å². The zero-order valence-electron chi connectivity index (χ0n) is 8.40. The molecule has 2 amide bonds. The standard InChI is InChI=1S/C7H8ClN5O4/c8-1-2-13(12-17)7(16)10-4-3-9-6(15)11-5(4)14/h3H,1-2H2,(H,10,16)(H2,9,11,14,15). The monoisotopic (exact) mass is 261 g/mol. The number of hydrogen-bond donors (Lipinski definition) is 3. The van der Waals surface area contributed by atoms with Crippen LogP contribution in [0, 0.1) is 4.91 Å². The predicted octanol–water partition coefficient (Wildman–Crippen LogP) is -0.183. The number of alkyl halides is 1. The Labute approximate surface area is 98.7 Å². The second-order valence-electron chi connectivity index (χ2n) is 2.81.